The number of para-hydroxylation sites is 1. The smallest absolute Gasteiger partial charge is 0.261 e. The van der Waals surface area contributed by atoms with E-state index in [1.54, 1.807) is 24.3 Å². The van der Waals surface area contributed by atoms with E-state index < -0.39 is 5.91 Å². The maximum Gasteiger partial charge on any atom is 0.261 e. The Balaban J connectivity index is 2.47. The highest BCUT2D eigenvalue weighted by Crippen LogP contribution is 2.17. The topological polar surface area (TPSA) is 88.7 Å². The van der Waals surface area contributed by atoms with Crippen LogP contribution in [0.25, 0.3) is 0 Å². The van der Waals surface area contributed by atoms with Gasteiger partial charge in [-0.15, -0.1) is 0 Å². The second kappa shape index (κ2) is 11.4. The van der Waals surface area contributed by atoms with Crippen molar-refractivity contribution < 1.29 is 19.1 Å². The first-order chi connectivity index (χ1) is 11.6. The summed E-state index contributed by atoms with van der Waals surface area (Å²) < 4.78 is 10.6. The van der Waals surface area contributed by atoms with Gasteiger partial charge in [0.15, 0.2) is 5.11 Å². The fourth-order valence-corrected chi connectivity index (χ4v) is 1.84. The molecule has 0 heterocycles. The second-order valence-electron chi connectivity index (χ2n) is 4.75. The van der Waals surface area contributed by atoms with E-state index in [9.17, 15) is 9.59 Å². The van der Waals surface area contributed by atoms with Crippen LogP contribution in [0, 0.1) is 0 Å². The van der Waals surface area contributed by atoms with Crippen molar-refractivity contribution in [1.29, 1.82) is 0 Å². The molecule has 0 radical (unpaired) electrons. The van der Waals surface area contributed by atoms with Crippen LogP contribution in [0.5, 0.6) is 5.75 Å². The van der Waals surface area contributed by atoms with E-state index in [2.05, 4.69) is 16.2 Å². The molecule has 1 aromatic rings. The number of carbonyl (C=O) groups excluding carboxylic acids is 2. The summed E-state index contributed by atoms with van der Waals surface area (Å²) in [5.41, 5.74) is 5.24. The molecular weight excluding hydrogens is 330 g/mol. The molecular formula is C16H23N3O4S. The molecule has 0 atom stereocenters. The van der Waals surface area contributed by atoms with E-state index in [-0.39, 0.29) is 17.4 Å². The van der Waals surface area contributed by atoms with Crippen molar-refractivity contribution in [2.24, 2.45) is 0 Å². The van der Waals surface area contributed by atoms with Crippen molar-refractivity contribution in [2.75, 3.05) is 19.8 Å². The number of ether oxygens (including phenoxy) is 2. The molecule has 7 nitrogen and oxygen atoms in total. The minimum atomic E-state index is -0.414. The Morgan fingerprint density at radius 1 is 1.12 bits per heavy atom. The van der Waals surface area contributed by atoms with Crippen LogP contribution >= 0.6 is 12.2 Å². The first-order valence-electron chi connectivity index (χ1n) is 7.78. The predicted molar refractivity (Wildman–Crippen MR) is 94.7 cm³/mol. The predicted octanol–water partition coefficient (Wildman–Crippen LogP) is 1.54. The van der Waals surface area contributed by atoms with Gasteiger partial charge >= 0.3 is 0 Å². The van der Waals surface area contributed by atoms with Gasteiger partial charge < -0.3 is 9.47 Å². The molecule has 1 rings (SSSR count). The lowest BCUT2D eigenvalue weighted by molar-refractivity contribution is -0.122. The third-order valence-electron chi connectivity index (χ3n) is 2.81. The summed E-state index contributed by atoms with van der Waals surface area (Å²) in [6, 6.07) is 6.89. The van der Waals surface area contributed by atoms with Gasteiger partial charge in [-0.25, -0.2) is 0 Å². The number of carbonyl (C=O) groups is 2. The number of amides is 2. The Bertz CT molecular complexity index is 566. The van der Waals surface area contributed by atoms with Crippen molar-refractivity contribution in [3.63, 3.8) is 0 Å². The van der Waals surface area contributed by atoms with E-state index in [1.807, 2.05) is 13.8 Å². The Labute approximate surface area is 147 Å². The van der Waals surface area contributed by atoms with Gasteiger partial charge in [0.2, 0.25) is 5.91 Å². The molecule has 8 heteroatoms. The second-order valence-corrected chi connectivity index (χ2v) is 5.16. The molecule has 0 aliphatic carbocycles. The third-order valence-corrected chi connectivity index (χ3v) is 3.02. The first-order valence-corrected chi connectivity index (χ1v) is 8.19. The molecule has 24 heavy (non-hydrogen) atoms. The van der Waals surface area contributed by atoms with Gasteiger partial charge in [-0.2, -0.15) is 0 Å². The molecule has 0 saturated carbocycles. The van der Waals surface area contributed by atoms with Crippen molar-refractivity contribution in [3.8, 4) is 5.75 Å². The molecule has 0 saturated heterocycles. The quantitative estimate of drug-likeness (QED) is 0.373. The summed E-state index contributed by atoms with van der Waals surface area (Å²) in [4.78, 5) is 23.7. The van der Waals surface area contributed by atoms with Crippen molar-refractivity contribution in [3.05, 3.63) is 29.8 Å². The standard InChI is InChI=1S/C16H23N3O4S/c1-3-10-23-13-8-6-5-7-12(13)15(21)17-16(24)19-18-14(20)9-11-22-4-2/h5-8H,3-4,9-11H2,1-2H3,(H,18,20)(H2,17,19,21,24). The van der Waals surface area contributed by atoms with Crippen LogP contribution in [0.3, 0.4) is 0 Å². The zero-order valence-electron chi connectivity index (χ0n) is 13.9. The van der Waals surface area contributed by atoms with E-state index in [0.29, 0.717) is 31.1 Å². The molecule has 0 unspecified atom stereocenters. The Morgan fingerprint density at radius 2 is 1.88 bits per heavy atom. The van der Waals surface area contributed by atoms with Gasteiger partial charge in [0.05, 0.1) is 25.2 Å². The van der Waals surface area contributed by atoms with Crippen molar-refractivity contribution in [2.45, 2.75) is 26.7 Å². The van der Waals surface area contributed by atoms with Crippen LogP contribution in [0.1, 0.15) is 37.0 Å². The maximum absolute atomic E-state index is 12.2. The van der Waals surface area contributed by atoms with Gasteiger partial charge in [0.1, 0.15) is 5.75 Å². The fraction of sp³-hybridized carbons (Fsp3) is 0.438. The largest absolute Gasteiger partial charge is 0.493 e. The number of thiocarbonyl (C=S) groups is 1. The minimum Gasteiger partial charge on any atom is -0.493 e. The molecule has 0 fully saturated rings. The number of rotatable bonds is 8. The highest BCUT2D eigenvalue weighted by molar-refractivity contribution is 7.80. The van der Waals surface area contributed by atoms with Gasteiger partial charge in [-0.3, -0.25) is 25.8 Å². The number of nitrogens with one attached hydrogen (secondary N) is 3. The van der Waals surface area contributed by atoms with Crippen LogP contribution in [-0.4, -0.2) is 36.7 Å². The highest BCUT2D eigenvalue weighted by atomic mass is 32.1. The summed E-state index contributed by atoms with van der Waals surface area (Å²) in [5, 5.41) is 2.49. The first kappa shape index (κ1) is 19.9. The van der Waals surface area contributed by atoms with E-state index in [4.69, 9.17) is 21.7 Å². The number of hydrazine groups is 1. The van der Waals surface area contributed by atoms with Crippen LogP contribution in [0.2, 0.25) is 0 Å². The van der Waals surface area contributed by atoms with Gasteiger partial charge in [0, 0.05) is 6.61 Å². The normalized spacial score (nSPS) is 9.92. The zero-order valence-corrected chi connectivity index (χ0v) is 14.7. The van der Waals surface area contributed by atoms with Crippen molar-refractivity contribution >= 4 is 29.1 Å². The molecule has 0 spiro atoms. The number of hydrogen-bond acceptors (Lipinski definition) is 5. The van der Waals surface area contributed by atoms with E-state index in [0.717, 1.165) is 6.42 Å². The van der Waals surface area contributed by atoms with Gasteiger partial charge in [-0.05, 0) is 37.7 Å². The zero-order chi connectivity index (χ0) is 17.8. The highest BCUT2D eigenvalue weighted by Gasteiger charge is 2.13. The van der Waals surface area contributed by atoms with Crippen LogP contribution in [-0.2, 0) is 9.53 Å². The lowest BCUT2D eigenvalue weighted by Crippen LogP contribution is -2.48. The third kappa shape index (κ3) is 7.38. The molecule has 2 amide bonds. The van der Waals surface area contributed by atoms with E-state index >= 15 is 0 Å². The number of hydrogen-bond donors (Lipinski definition) is 3. The average Bonchev–Trinajstić information content (AvgIpc) is 2.58. The van der Waals surface area contributed by atoms with Crippen molar-refractivity contribution in [1.82, 2.24) is 16.2 Å². The van der Waals surface area contributed by atoms with Gasteiger partial charge in [-0.1, -0.05) is 19.1 Å². The summed E-state index contributed by atoms with van der Waals surface area (Å²) in [6.45, 7) is 5.22. The minimum absolute atomic E-state index is 0.00458. The molecule has 132 valence electrons. The Morgan fingerprint density at radius 3 is 2.58 bits per heavy atom. The monoisotopic (exact) mass is 353 g/mol. The molecule has 3 N–H and O–H groups in total. The lowest BCUT2D eigenvalue weighted by Gasteiger charge is -2.13. The maximum atomic E-state index is 12.2. The van der Waals surface area contributed by atoms with Crippen LogP contribution in [0.15, 0.2) is 24.3 Å². The molecule has 0 bridgehead atoms. The summed E-state index contributed by atoms with van der Waals surface area (Å²) in [5.74, 6) is -0.213. The van der Waals surface area contributed by atoms with Gasteiger partial charge in [0.25, 0.3) is 5.91 Å². The summed E-state index contributed by atoms with van der Waals surface area (Å²) in [6.07, 6.45) is 1.04. The Kier molecular flexibility index (Phi) is 9.40. The molecule has 0 aliphatic heterocycles. The molecule has 0 aromatic heterocycles. The van der Waals surface area contributed by atoms with Crippen LogP contribution in [0.4, 0.5) is 0 Å². The summed E-state index contributed by atoms with van der Waals surface area (Å²) >= 11 is 4.98. The average molecular weight is 353 g/mol. The van der Waals surface area contributed by atoms with E-state index in [1.165, 1.54) is 0 Å². The Hall–Kier alpha value is -2.19. The summed E-state index contributed by atoms with van der Waals surface area (Å²) in [7, 11) is 0. The molecule has 1 aromatic carbocycles. The number of benzene rings is 1. The van der Waals surface area contributed by atoms with Crippen LogP contribution < -0.4 is 20.9 Å². The molecule has 0 aliphatic rings. The lowest BCUT2D eigenvalue weighted by atomic mass is 10.2. The SMILES string of the molecule is CCCOc1ccccc1C(=O)NC(=S)NNC(=O)CCOCC. The fourth-order valence-electron chi connectivity index (χ4n) is 1.69.